The van der Waals surface area contributed by atoms with Crippen LogP contribution in [0.25, 0.3) is 0 Å². The van der Waals surface area contributed by atoms with Crippen LogP contribution in [0.1, 0.15) is 23.1 Å². The Balaban J connectivity index is 1.94. The van der Waals surface area contributed by atoms with Crippen molar-refractivity contribution in [2.24, 2.45) is 0 Å². The van der Waals surface area contributed by atoms with Crippen molar-refractivity contribution in [1.82, 2.24) is 0 Å². The van der Waals surface area contributed by atoms with Gasteiger partial charge < -0.3 is 10.0 Å². The van der Waals surface area contributed by atoms with E-state index in [9.17, 15) is 5.11 Å². The predicted octanol–water partition coefficient (Wildman–Crippen LogP) is 4.96. The second kappa shape index (κ2) is 5.78. The van der Waals surface area contributed by atoms with Gasteiger partial charge in [0, 0.05) is 29.4 Å². The monoisotopic (exact) mass is 321 g/mol. The van der Waals surface area contributed by atoms with Gasteiger partial charge in [-0.05, 0) is 43.5 Å². The molecular weight excluding hydrogens is 305 g/mol. The summed E-state index contributed by atoms with van der Waals surface area (Å²) in [5, 5.41) is 11.0. The first-order valence-corrected chi connectivity index (χ1v) is 7.81. The molecule has 0 fully saturated rings. The van der Waals surface area contributed by atoms with Gasteiger partial charge in [-0.25, -0.2) is 0 Å². The lowest BCUT2D eigenvalue weighted by molar-refractivity contribution is 0.467. The van der Waals surface area contributed by atoms with Crippen LogP contribution in [0.4, 0.5) is 5.69 Å². The first-order valence-electron chi connectivity index (χ1n) is 7.06. The molecule has 0 unspecified atom stereocenters. The molecule has 0 atom stereocenters. The van der Waals surface area contributed by atoms with Gasteiger partial charge in [0.15, 0.2) is 0 Å². The molecule has 1 aliphatic heterocycles. The largest absolute Gasteiger partial charge is 0.506 e. The van der Waals surface area contributed by atoms with E-state index in [1.807, 2.05) is 0 Å². The summed E-state index contributed by atoms with van der Waals surface area (Å²) < 4.78 is 0. The standard InChI is InChI=1S/C17H17Cl2NO/c1-11-4-5-16-12(7-11)3-2-6-20(16)10-13-8-14(18)9-15(19)17(13)21/h4-5,7-9,21H,2-3,6,10H2,1H3. The van der Waals surface area contributed by atoms with Gasteiger partial charge in [-0.15, -0.1) is 0 Å². The smallest absolute Gasteiger partial charge is 0.139 e. The minimum atomic E-state index is 0.125. The number of hydrogen-bond donors (Lipinski definition) is 1. The molecule has 2 aromatic carbocycles. The van der Waals surface area contributed by atoms with Crippen LogP contribution >= 0.6 is 23.2 Å². The number of phenolic OH excluding ortho intramolecular Hbond substituents is 1. The van der Waals surface area contributed by atoms with Gasteiger partial charge >= 0.3 is 0 Å². The number of benzene rings is 2. The van der Waals surface area contributed by atoms with Gasteiger partial charge in [0.1, 0.15) is 5.75 Å². The van der Waals surface area contributed by atoms with E-state index in [2.05, 4.69) is 30.0 Å². The van der Waals surface area contributed by atoms with E-state index in [0.717, 1.165) is 24.9 Å². The van der Waals surface area contributed by atoms with Gasteiger partial charge in [-0.1, -0.05) is 40.9 Å². The number of halogens is 2. The summed E-state index contributed by atoms with van der Waals surface area (Å²) in [6.45, 7) is 3.70. The average molecular weight is 322 g/mol. The highest BCUT2D eigenvalue weighted by Gasteiger charge is 2.19. The number of hydrogen-bond acceptors (Lipinski definition) is 2. The van der Waals surface area contributed by atoms with Gasteiger partial charge in [-0.2, -0.15) is 0 Å². The molecule has 0 bridgehead atoms. The Kier molecular flexibility index (Phi) is 4.01. The number of fused-ring (bicyclic) bond motifs is 1. The maximum Gasteiger partial charge on any atom is 0.139 e. The van der Waals surface area contributed by atoms with Crippen molar-refractivity contribution < 1.29 is 5.11 Å². The molecule has 3 rings (SSSR count). The minimum Gasteiger partial charge on any atom is -0.506 e. The molecule has 0 saturated carbocycles. The predicted molar refractivity (Wildman–Crippen MR) is 88.7 cm³/mol. The molecule has 4 heteroatoms. The van der Waals surface area contributed by atoms with Crippen molar-refractivity contribution in [1.29, 1.82) is 0 Å². The van der Waals surface area contributed by atoms with Crippen LogP contribution in [0.15, 0.2) is 30.3 Å². The van der Waals surface area contributed by atoms with Crippen LogP contribution in [-0.4, -0.2) is 11.7 Å². The van der Waals surface area contributed by atoms with E-state index in [4.69, 9.17) is 23.2 Å². The minimum absolute atomic E-state index is 0.125. The fourth-order valence-electron chi connectivity index (χ4n) is 2.91. The summed E-state index contributed by atoms with van der Waals surface area (Å²) in [6, 6.07) is 9.88. The van der Waals surface area contributed by atoms with Crippen molar-refractivity contribution >= 4 is 28.9 Å². The summed E-state index contributed by atoms with van der Waals surface area (Å²) in [5.41, 5.74) is 4.65. The van der Waals surface area contributed by atoms with E-state index in [1.54, 1.807) is 12.1 Å². The molecule has 110 valence electrons. The maximum absolute atomic E-state index is 10.1. The Hall–Kier alpha value is -1.38. The molecule has 0 saturated heterocycles. The van der Waals surface area contributed by atoms with E-state index < -0.39 is 0 Å². The molecule has 1 aliphatic rings. The Morgan fingerprint density at radius 3 is 2.81 bits per heavy atom. The van der Waals surface area contributed by atoms with Crippen LogP contribution in [0.3, 0.4) is 0 Å². The Labute approximate surface area is 134 Å². The van der Waals surface area contributed by atoms with Crippen LogP contribution in [0.2, 0.25) is 10.0 Å². The molecule has 0 amide bonds. The lowest BCUT2D eigenvalue weighted by Crippen LogP contribution is -2.28. The van der Waals surface area contributed by atoms with Crippen molar-refractivity contribution in [3.8, 4) is 5.75 Å². The Morgan fingerprint density at radius 1 is 1.19 bits per heavy atom. The zero-order valence-corrected chi connectivity index (χ0v) is 13.4. The van der Waals surface area contributed by atoms with Crippen LogP contribution in [-0.2, 0) is 13.0 Å². The second-order valence-corrected chi connectivity index (χ2v) is 6.40. The Bertz CT molecular complexity index is 685. The molecule has 2 aromatic rings. The molecule has 0 spiro atoms. The molecule has 2 nitrogen and oxygen atoms in total. The Morgan fingerprint density at radius 2 is 2.00 bits per heavy atom. The van der Waals surface area contributed by atoms with E-state index in [0.29, 0.717) is 16.6 Å². The van der Waals surface area contributed by atoms with Crippen molar-refractivity contribution in [3.63, 3.8) is 0 Å². The first kappa shape index (κ1) is 14.6. The second-order valence-electron chi connectivity index (χ2n) is 5.55. The van der Waals surface area contributed by atoms with Gasteiger partial charge in [0.2, 0.25) is 0 Å². The van der Waals surface area contributed by atoms with Gasteiger partial charge in [-0.3, -0.25) is 0 Å². The number of nitrogens with zero attached hydrogens (tertiary/aromatic N) is 1. The van der Waals surface area contributed by atoms with Gasteiger partial charge in [0.05, 0.1) is 5.02 Å². The zero-order valence-electron chi connectivity index (χ0n) is 11.9. The third-order valence-corrected chi connectivity index (χ3v) is 4.42. The number of phenols is 1. The molecule has 0 aromatic heterocycles. The highest BCUT2D eigenvalue weighted by atomic mass is 35.5. The zero-order chi connectivity index (χ0) is 15.0. The van der Waals surface area contributed by atoms with Crippen molar-refractivity contribution in [2.45, 2.75) is 26.3 Å². The SMILES string of the molecule is Cc1ccc2c(c1)CCCN2Cc1cc(Cl)cc(Cl)c1O. The van der Waals surface area contributed by atoms with E-state index in [-0.39, 0.29) is 5.75 Å². The highest BCUT2D eigenvalue weighted by molar-refractivity contribution is 6.35. The highest BCUT2D eigenvalue weighted by Crippen LogP contribution is 2.35. The molecule has 0 radical (unpaired) electrons. The molecule has 1 N–H and O–H groups in total. The molecule has 0 aliphatic carbocycles. The topological polar surface area (TPSA) is 23.5 Å². The first-order chi connectivity index (χ1) is 10.0. The fourth-order valence-corrected chi connectivity index (χ4v) is 3.45. The summed E-state index contributed by atoms with van der Waals surface area (Å²) in [4.78, 5) is 2.28. The third-order valence-electron chi connectivity index (χ3n) is 3.92. The van der Waals surface area contributed by atoms with Crippen LogP contribution in [0, 0.1) is 6.92 Å². The lowest BCUT2D eigenvalue weighted by atomic mass is 9.99. The average Bonchev–Trinajstić information content (AvgIpc) is 2.44. The molecule has 1 heterocycles. The lowest BCUT2D eigenvalue weighted by Gasteiger charge is -2.32. The normalized spacial score (nSPS) is 14.1. The third kappa shape index (κ3) is 2.97. The summed E-state index contributed by atoms with van der Waals surface area (Å²) in [5.74, 6) is 0.125. The summed E-state index contributed by atoms with van der Waals surface area (Å²) in [6.07, 6.45) is 2.22. The number of rotatable bonds is 2. The van der Waals surface area contributed by atoms with Crippen LogP contribution in [0.5, 0.6) is 5.75 Å². The van der Waals surface area contributed by atoms with Crippen molar-refractivity contribution in [3.05, 3.63) is 57.1 Å². The fraction of sp³-hybridized carbons (Fsp3) is 0.294. The summed E-state index contributed by atoms with van der Waals surface area (Å²) in [7, 11) is 0. The number of aromatic hydroxyl groups is 1. The maximum atomic E-state index is 10.1. The van der Waals surface area contributed by atoms with Crippen molar-refractivity contribution in [2.75, 3.05) is 11.4 Å². The summed E-state index contributed by atoms with van der Waals surface area (Å²) >= 11 is 12.1. The van der Waals surface area contributed by atoms with Gasteiger partial charge in [0.25, 0.3) is 0 Å². The quantitative estimate of drug-likeness (QED) is 0.845. The number of anilines is 1. The van der Waals surface area contributed by atoms with E-state index in [1.165, 1.54) is 16.8 Å². The molecule has 21 heavy (non-hydrogen) atoms. The molecular formula is C17H17Cl2NO. The van der Waals surface area contributed by atoms with Crippen LogP contribution < -0.4 is 4.90 Å². The van der Waals surface area contributed by atoms with E-state index >= 15 is 0 Å². The number of aryl methyl sites for hydroxylation is 2.